The molecule has 0 aliphatic heterocycles. The van der Waals surface area contributed by atoms with Crippen molar-refractivity contribution in [1.82, 2.24) is 4.90 Å². The molecule has 0 saturated carbocycles. The van der Waals surface area contributed by atoms with Gasteiger partial charge in [0.05, 0.1) is 0 Å². The second-order valence-corrected chi connectivity index (χ2v) is 7.30. The van der Waals surface area contributed by atoms with Crippen molar-refractivity contribution in [3.63, 3.8) is 0 Å². The van der Waals surface area contributed by atoms with Crippen LogP contribution in [-0.2, 0) is 0 Å². The lowest BCUT2D eigenvalue weighted by atomic mass is 10.0. The van der Waals surface area contributed by atoms with Crippen molar-refractivity contribution in [2.24, 2.45) is 0 Å². The Morgan fingerprint density at radius 2 is 0.773 bits per heavy atom. The van der Waals surface area contributed by atoms with Gasteiger partial charge in [-0.25, -0.2) is 0 Å². The summed E-state index contributed by atoms with van der Waals surface area (Å²) in [4.78, 5) is 2.00. The third-order valence-electron chi connectivity index (χ3n) is 3.56. The van der Waals surface area contributed by atoms with Crippen molar-refractivity contribution < 1.29 is 0 Å². The van der Waals surface area contributed by atoms with E-state index in [1.54, 1.807) is 0 Å². The minimum absolute atomic E-state index is 0. The van der Waals surface area contributed by atoms with Gasteiger partial charge >= 0.3 is 0 Å². The molecule has 0 radical (unpaired) electrons. The van der Waals surface area contributed by atoms with Crippen LogP contribution in [0.3, 0.4) is 0 Å². The van der Waals surface area contributed by atoms with Gasteiger partial charge in [0, 0.05) is 0 Å². The highest BCUT2D eigenvalue weighted by Crippen LogP contribution is 2.12. The summed E-state index contributed by atoms with van der Waals surface area (Å²) >= 11 is 0. The molecule has 0 saturated heterocycles. The largest absolute Gasteiger partial charge is 0.312 e. The highest BCUT2D eigenvalue weighted by atomic mass is 79.9. The van der Waals surface area contributed by atoms with Gasteiger partial charge in [0.25, 0.3) is 0 Å². The Labute approximate surface area is 155 Å². The third-order valence-corrected chi connectivity index (χ3v) is 3.97. The van der Waals surface area contributed by atoms with Gasteiger partial charge < -0.3 is 4.90 Å². The molecule has 3 heteroatoms. The van der Waals surface area contributed by atoms with E-state index in [2.05, 4.69) is 16.2 Å². The SMILES string of the molecule is Br.CCCCCCCCCCCCCCCCP.CN(C)C. The number of halogens is 1. The summed E-state index contributed by atoms with van der Waals surface area (Å²) in [5.41, 5.74) is 0. The monoisotopic (exact) mass is 397 g/mol. The molecule has 0 aromatic heterocycles. The van der Waals surface area contributed by atoms with Crippen LogP contribution in [0.1, 0.15) is 96.8 Å². The lowest BCUT2D eigenvalue weighted by Crippen LogP contribution is -1.99. The summed E-state index contributed by atoms with van der Waals surface area (Å²) < 4.78 is 0. The Morgan fingerprint density at radius 1 is 0.545 bits per heavy atom. The normalized spacial score (nSPS) is 10.1. The Hall–Kier alpha value is 0.870. The van der Waals surface area contributed by atoms with Gasteiger partial charge in [0.15, 0.2) is 0 Å². The van der Waals surface area contributed by atoms with Crippen molar-refractivity contribution in [2.75, 3.05) is 27.3 Å². The van der Waals surface area contributed by atoms with Crippen molar-refractivity contribution in [3.05, 3.63) is 0 Å². The van der Waals surface area contributed by atoms with E-state index >= 15 is 0 Å². The molecule has 0 bridgehead atoms. The fraction of sp³-hybridized carbons (Fsp3) is 1.00. The molecular formula is C19H45BrNP. The molecule has 138 valence electrons. The Morgan fingerprint density at radius 3 is 1.00 bits per heavy atom. The second-order valence-electron chi connectivity index (χ2n) is 6.73. The van der Waals surface area contributed by atoms with Crippen LogP contribution in [0.5, 0.6) is 0 Å². The first-order chi connectivity index (χ1) is 10.1. The van der Waals surface area contributed by atoms with Crippen LogP contribution in [0.2, 0.25) is 0 Å². The van der Waals surface area contributed by atoms with Crippen molar-refractivity contribution >= 4 is 26.2 Å². The summed E-state index contributed by atoms with van der Waals surface area (Å²) in [5, 5.41) is 0. The van der Waals surface area contributed by atoms with Crippen LogP contribution in [0, 0.1) is 0 Å². The number of unbranched alkanes of at least 4 members (excludes halogenated alkanes) is 13. The highest BCUT2D eigenvalue weighted by Gasteiger charge is 1.93. The molecule has 1 atom stereocenters. The van der Waals surface area contributed by atoms with Crippen LogP contribution in [0.25, 0.3) is 0 Å². The first-order valence-electron chi connectivity index (χ1n) is 9.46. The van der Waals surface area contributed by atoms with Gasteiger partial charge in [0.2, 0.25) is 0 Å². The zero-order chi connectivity index (χ0) is 16.2. The van der Waals surface area contributed by atoms with Crippen molar-refractivity contribution in [3.8, 4) is 0 Å². The molecule has 0 N–H and O–H groups in total. The fourth-order valence-corrected chi connectivity index (χ4v) is 2.63. The first kappa shape index (κ1) is 27.7. The maximum atomic E-state index is 2.82. The molecular weight excluding hydrogens is 353 g/mol. The lowest BCUT2D eigenvalue weighted by Gasteiger charge is -2.02. The summed E-state index contributed by atoms with van der Waals surface area (Å²) in [5.74, 6) is 0. The van der Waals surface area contributed by atoms with E-state index in [1.807, 2.05) is 26.0 Å². The predicted molar refractivity (Wildman–Crippen MR) is 115 cm³/mol. The molecule has 0 aromatic carbocycles. The number of rotatable bonds is 14. The molecule has 0 aromatic rings. The highest BCUT2D eigenvalue weighted by molar-refractivity contribution is 8.93. The van der Waals surface area contributed by atoms with Gasteiger partial charge in [-0.2, -0.15) is 0 Å². The summed E-state index contributed by atoms with van der Waals surface area (Å²) in [7, 11) is 8.82. The van der Waals surface area contributed by atoms with E-state index in [0.717, 1.165) is 0 Å². The lowest BCUT2D eigenvalue weighted by molar-refractivity contribution is 0.505. The van der Waals surface area contributed by atoms with Crippen LogP contribution in [0.4, 0.5) is 0 Å². The van der Waals surface area contributed by atoms with Gasteiger partial charge in [-0.15, -0.1) is 26.2 Å². The average molecular weight is 398 g/mol. The van der Waals surface area contributed by atoms with Crippen LogP contribution < -0.4 is 0 Å². The van der Waals surface area contributed by atoms with E-state index in [4.69, 9.17) is 0 Å². The summed E-state index contributed by atoms with van der Waals surface area (Å²) in [6.45, 7) is 2.29. The van der Waals surface area contributed by atoms with Crippen LogP contribution in [0.15, 0.2) is 0 Å². The molecule has 0 aliphatic carbocycles. The molecule has 22 heavy (non-hydrogen) atoms. The van der Waals surface area contributed by atoms with Crippen molar-refractivity contribution in [2.45, 2.75) is 96.8 Å². The van der Waals surface area contributed by atoms with E-state index < -0.39 is 0 Å². The molecule has 0 rings (SSSR count). The average Bonchev–Trinajstić information content (AvgIpc) is 2.43. The minimum atomic E-state index is 0. The number of hydrogen-bond acceptors (Lipinski definition) is 1. The zero-order valence-corrected chi connectivity index (χ0v) is 18.9. The fourth-order valence-electron chi connectivity index (χ4n) is 2.34. The quantitative estimate of drug-likeness (QED) is 0.223. The molecule has 0 aliphatic rings. The minimum Gasteiger partial charge on any atom is -0.312 e. The molecule has 0 fully saturated rings. The van der Waals surface area contributed by atoms with Crippen LogP contribution >= 0.6 is 26.2 Å². The Kier molecular flexibility index (Phi) is 33.7. The van der Waals surface area contributed by atoms with Gasteiger partial charge in [-0.05, 0) is 33.7 Å². The van der Waals surface area contributed by atoms with E-state index in [0.29, 0.717) is 0 Å². The maximum Gasteiger partial charge on any atom is -0.0140 e. The summed E-state index contributed by atoms with van der Waals surface area (Å²) in [6.07, 6.45) is 21.7. The number of hydrogen-bond donors (Lipinski definition) is 0. The maximum absolute atomic E-state index is 2.82. The van der Waals surface area contributed by atoms with Gasteiger partial charge in [-0.1, -0.05) is 90.4 Å². The summed E-state index contributed by atoms with van der Waals surface area (Å²) in [6, 6.07) is 0. The Bertz CT molecular complexity index is 149. The van der Waals surface area contributed by atoms with E-state index in [-0.39, 0.29) is 17.0 Å². The molecule has 0 amide bonds. The predicted octanol–water partition coefficient (Wildman–Crippen LogP) is 7.10. The van der Waals surface area contributed by atoms with Gasteiger partial charge in [0.1, 0.15) is 0 Å². The standard InChI is InChI=1S/C16H35P.C3H9N.BrH/c1-2-3-4-5-6-7-8-9-10-11-12-13-14-15-16-17;1-4(2)3;/h2-17H2,1H3;1-3H3;1H. The second kappa shape index (κ2) is 26.8. The Balaban J connectivity index is -0.000000640. The third kappa shape index (κ3) is 37.3. The van der Waals surface area contributed by atoms with Gasteiger partial charge in [-0.3, -0.25) is 0 Å². The molecule has 0 heterocycles. The topological polar surface area (TPSA) is 3.24 Å². The van der Waals surface area contributed by atoms with Crippen LogP contribution in [-0.4, -0.2) is 32.2 Å². The first-order valence-corrected chi connectivity index (χ1v) is 10.3. The smallest absolute Gasteiger partial charge is 0.0140 e. The number of nitrogens with zero attached hydrogens (tertiary/aromatic N) is 1. The molecule has 1 unspecified atom stereocenters. The van der Waals surface area contributed by atoms with E-state index in [1.165, 1.54) is 96.1 Å². The molecule has 1 nitrogen and oxygen atoms in total. The zero-order valence-electron chi connectivity index (χ0n) is 16.0. The van der Waals surface area contributed by atoms with E-state index in [9.17, 15) is 0 Å². The van der Waals surface area contributed by atoms with Crippen molar-refractivity contribution in [1.29, 1.82) is 0 Å². The molecule has 0 spiro atoms.